The van der Waals surface area contributed by atoms with Crippen LogP contribution in [0.4, 0.5) is 0 Å². The number of aliphatic hydroxyl groups is 1. The van der Waals surface area contributed by atoms with Crippen LogP contribution >= 0.6 is 0 Å². The molecule has 49 heavy (non-hydrogen) atoms. The van der Waals surface area contributed by atoms with Crippen LogP contribution < -0.4 is 0 Å². The van der Waals surface area contributed by atoms with Gasteiger partial charge >= 0.3 is 5.97 Å². The number of allylic oxidation sites excluding steroid dienone is 18. The minimum Gasteiger partial charge on any atom is -0.457 e. The van der Waals surface area contributed by atoms with Gasteiger partial charge in [-0.2, -0.15) is 0 Å². The van der Waals surface area contributed by atoms with E-state index in [4.69, 9.17) is 9.47 Å². The van der Waals surface area contributed by atoms with Gasteiger partial charge in [0.15, 0.2) is 0 Å². The van der Waals surface area contributed by atoms with Crippen LogP contribution in [0.3, 0.4) is 0 Å². The number of rotatable bonds is 34. The summed E-state index contributed by atoms with van der Waals surface area (Å²) >= 11 is 0. The molecule has 4 heteroatoms. The second kappa shape index (κ2) is 41.2. The van der Waals surface area contributed by atoms with Gasteiger partial charge in [-0.1, -0.05) is 149 Å². The van der Waals surface area contributed by atoms with Gasteiger partial charge in [0.2, 0.25) is 0 Å². The Labute approximate surface area is 302 Å². The van der Waals surface area contributed by atoms with Crippen LogP contribution in [-0.4, -0.2) is 37.0 Å². The molecule has 0 rings (SSSR count). The Hall–Kier alpha value is -2.95. The van der Waals surface area contributed by atoms with Crippen molar-refractivity contribution in [3.05, 3.63) is 109 Å². The maximum absolute atomic E-state index is 12.1. The summed E-state index contributed by atoms with van der Waals surface area (Å²) in [6, 6.07) is 0. The number of hydrogen-bond donors (Lipinski definition) is 1. The Bertz CT molecular complexity index is 976. The summed E-state index contributed by atoms with van der Waals surface area (Å²) in [6.45, 7) is 5.01. The molecular weight excluding hydrogens is 604 g/mol. The Morgan fingerprint density at radius 1 is 0.490 bits per heavy atom. The van der Waals surface area contributed by atoms with Crippen molar-refractivity contribution in [1.82, 2.24) is 0 Å². The Morgan fingerprint density at radius 3 is 1.29 bits per heavy atom. The van der Waals surface area contributed by atoms with Gasteiger partial charge in [0.1, 0.15) is 6.10 Å². The van der Waals surface area contributed by atoms with Crippen molar-refractivity contribution in [1.29, 1.82) is 0 Å². The first kappa shape index (κ1) is 46.0. The topological polar surface area (TPSA) is 55.8 Å². The average molecular weight is 677 g/mol. The number of unbranched alkanes of at least 4 members (excludes halogenated alkanes) is 8. The quantitative estimate of drug-likeness (QED) is 0.0419. The predicted molar refractivity (Wildman–Crippen MR) is 214 cm³/mol. The highest BCUT2D eigenvalue weighted by atomic mass is 16.6. The molecule has 1 N–H and O–H groups in total. The third kappa shape index (κ3) is 39.4. The highest BCUT2D eigenvalue weighted by Gasteiger charge is 2.13. The third-order valence-electron chi connectivity index (χ3n) is 7.59. The van der Waals surface area contributed by atoms with Gasteiger partial charge < -0.3 is 14.6 Å². The molecule has 0 radical (unpaired) electrons. The zero-order valence-electron chi connectivity index (χ0n) is 31.4. The molecule has 1 unspecified atom stereocenters. The van der Waals surface area contributed by atoms with E-state index in [1.165, 1.54) is 25.7 Å². The minimum atomic E-state index is -0.571. The number of ether oxygens (including phenoxy) is 2. The normalized spacial score (nSPS) is 13.6. The highest BCUT2D eigenvalue weighted by Crippen LogP contribution is 2.09. The number of carbonyl (C=O) groups excluding carboxylic acids is 1. The number of hydrogen-bond acceptors (Lipinski definition) is 4. The highest BCUT2D eigenvalue weighted by molar-refractivity contribution is 5.69. The summed E-state index contributed by atoms with van der Waals surface area (Å²) in [5, 5.41) is 9.57. The monoisotopic (exact) mass is 677 g/mol. The molecule has 0 aromatic carbocycles. The standard InChI is InChI=1S/C45H72O4/c1-3-5-7-9-11-13-15-17-19-20-21-22-23-24-25-27-29-31-33-35-37-39-41-48-43-44(42-46)49-45(47)40-38-36-34-32-30-28-26-18-16-14-12-10-8-6-4-2/h5-8,11-14,17-19,21-22,24-26,30,32,44,46H,3-4,9-10,15-16,20,23,27-29,31,33-43H2,1-2H3/b7-5-,8-6-,13-11-,14-12-,19-17-,22-21-,25-24-,26-18-,32-30-. The third-order valence-corrected chi connectivity index (χ3v) is 7.59. The summed E-state index contributed by atoms with van der Waals surface area (Å²) in [5.74, 6) is -0.252. The molecule has 0 aliphatic heterocycles. The molecule has 0 spiro atoms. The van der Waals surface area contributed by atoms with Gasteiger partial charge in [-0.15, -0.1) is 0 Å². The van der Waals surface area contributed by atoms with Crippen LogP contribution in [-0.2, 0) is 14.3 Å². The van der Waals surface area contributed by atoms with E-state index in [1.54, 1.807) is 0 Å². The average Bonchev–Trinajstić information content (AvgIpc) is 3.11. The Balaban J connectivity index is 3.60. The van der Waals surface area contributed by atoms with E-state index < -0.39 is 6.10 Å². The van der Waals surface area contributed by atoms with Crippen molar-refractivity contribution in [2.24, 2.45) is 0 Å². The first-order chi connectivity index (χ1) is 24.2. The van der Waals surface area contributed by atoms with Gasteiger partial charge in [0, 0.05) is 13.0 Å². The van der Waals surface area contributed by atoms with Crippen LogP contribution in [0, 0.1) is 0 Å². The Morgan fingerprint density at radius 2 is 0.857 bits per heavy atom. The molecule has 0 aliphatic rings. The van der Waals surface area contributed by atoms with Crippen LogP contribution in [0.15, 0.2) is 109 Å². The van der Waals surface area contributed by atoms with Crippen molar-refractivity contribution < 1.29 is 19.4 Å². The lowest BCUT2D eigenvalue weighted by atomic mass is 10.1. The predicted octanol–water partition coefficient (Wildman–Crippen LogP) is 12.8. The van der Waals surface area contributed by atoms with Gasteiger partial charge in [-0.05, 0) is 96.3 Å². The lowest BCUT2D eigenvalue weighted by molar-refractivity contribution is -0.154. The molecule has 0 aromatic heterocycles. The zero-order valence-corrected chi connectivity index (χ0v) is 31.4. The molecule has 0 bridgehead atoms. The molecule has 0 heterocycles. The fraction of sp³-hybridized carbons (Fsp3) is 0.578. The van der Waals surface area contributed by atoms with E-state index in [1.807, 2.05) is 0 Å². The first-order valence-electron chi connectivity index (χ1n) is 19.5. The molecular formula is C45H72O4. The molecule has 0 aliphatic carbocycles. The maximum atomic E-state index is 12.1. The summed E-state index contributed by atoms with van der Waals surface area (Å²) in [5.41, 5.74) is 0. The van der Waals surface area contributed by atoms with Crippen LogP contribution in [0.1, 0.15) is 142 Å². The van der Waals surface area contributed by atoms with Gasteiger partial charge in [0.05, 0.1) is 13.2 Å². The largest absolute Gasteiger partial charge is 0.457 e. The molecule has 0 saturated carbocycles. The lowest BCUT2D eigenvalue weighted by Crippen LogP contribution is -2.27. The molecule has 0 fully saturated rings. The SMILES string of the molecule is CC/C=C\C/C=C\C/C=C\C/C=C\C/C=C\CCCCCCCCOCC(CO)OC(=O)CCCC/C=C\C/C=C\C/C=C\C/C=C\CC. The molecule has 0 saturated heterocycles. The van der Waals surface area contributed by atoms with E-state index in [0.29, 0.717) is 13.0 Å². The summed E-state index contributed by atoms with van der Waals surface area (Å²) in [4.78, 5) is 12.1. The van der Waals surface area contributed by atoms with Gasteiger partial charge in [-0.3, -0.25) is 4.79 Å². The number of carbonyl (C=O) groups is 1. The summed E-state index contributed by atoms with van der Waals surface area (Å²) in [6.07, 6.45) is 59.9. The zero-order chi connectivity index (χ0) is 35.6. The molecule has 1 atom stereocenters. The van der Waals surface area contributed by atoms with Crippen molar-refractivity contribution >= 4 is 5.97 Å². The van der Waals surface area contributed by atoms with E-state index in [9.17, 15) is 9.90 Å². The fourth-order valence-electron chi connectivity index (χ4n) is 4.75. The maximum Gasteiger partial charge on any atom is 0.306 e. The summed E-state index contributed by atoms with van der Waals surface area (Å²) < 4.78 is 11.1. The molecule has 0 aromatic rings. The van der Waals surface area contributed by atoms with Crippen molar-refractivity contribution in [2.45, 2.75) is 148 Å². The van der Waals surface area contributed by atoms with E-state index in [0.717, 1.165) is 96.3 Å². The lowest BCUT2D eigenvalue weighted by Gasteiger charge is -2.15. The van der Waals surface area contributed by atoms with Crippen LogP contribution in [0.2, 0.25) is 0 Å². The second-order valence-corrected chi connectivity index (χ2v) is 12.2. The van der Waals surface area contributed by atoms with Crippen molar-refractivity contribution in [3.63, 3.8) is 0 Å². The first-order valence-corrected chi connectivity index (χ1v) is 19.5. The van der Waals surface area contributed by atoms with Crippen LogP contribution in [0.5, 0.6) is 0 Å². The Kier molecular flexibility index (Phi) is 38.7. The summed E-state index contributed by atoms with van der Waals surface area (Å²) in [7, 11) is 0. The van der Waals surface area contributed by atoms with Crippen molar-refractivity contribution in [3.8, 4) is 0 Å². The van der Waals surface area contributed by atoms with E-state index in [2.05, 4.69) is 123 Å². The van der Waals surface area contributed by atoms with Crippen molar-refractivity contribution in [2.75, 3.05) is 19.8 Å². The van der Waals surface area contributed by atoms with E-state index in [-0.39, 0.29) is 19.2 Å². The van der Waals surface area contributed by atoms with Gasteiger partial charge in [-0.25, -0.2) is 0 Å². The number of esters is 1. The molecule has 4 nitrogen and oxygen atoms in total. The second-order valence-electron chi connectivity index (χ2n) is 12.2. The molecule has 0 amide bonds. The fourth-order valence-corrected chi connectivity index (χ4v) is 4.75. The molecule has 276 valence electrons. The number of aliphatic hydroxyl groups excluding tert-OH is 1. The van der Waals surface area contributed by atoms with Gasteiger partial charge in [0.25, 0.3) is 0 Å². The van der Waals surface area contributed by atoms with Crippen LogP contribution in [0.25, 0.3) is 0 Å². The smallest absolute Gasteiger partial charge is 0.306 e. The van der Waals surface area contributed by atoms with E-state index >= 15 is 0 Å². The minimum absolute atomic E-state index is 0.203.